The Hall–Kier alpha value is -0.740. The first kappa shape index (κ1) is 10.3. The van der Waals surface area contributed by atoms with Crippen molar-refractivity contribution in [1.29, 1.82) is 0 Å². The van der Waals surface area contributed by atoms with Gasteiger partial charge in [-0.15, -0.1) is 0 Å². The Morgan fingerprint density at radius 2 is 2.31 bits per heavy atom. The lowest BCUT2D eigenvalue weighted by Crippen LogP contribution is -2.04. The number of esters is 1. The number of halogens is 2. The molecule has 0 aliphatic heterocycles. The van der Waals surface area contributed by atoms with Crippen molar-refractivity contribution in [2.24, 2.45) is 0 Å². The molecular weight excluding hydrogens is 215 g/mol. The highest BCUT2D eigenvalue weighted by Crippen LogP contribution is 2.24. The molecule has 0 spiro atoms. The molecule has 13 heavy (non-hydrogen) atoms. The number of carbonyl (C=O) groups excluding carboxylic acids is 1. The molecule has 0 aliphatic rings. The van der Waals surface area contributed by atoms with E-state index in [4.69, 9.17) is 10.7 Å². The van der Waals surface area contributed by atoms with Crippen LogP contribution in [-0.4, -0.2) is 13.1 Å². The van der Waals surface area contributed by atoms with Crippen LogP contribution in [0.1, 0.15) is 10.4 Å². The predicted molar refractivity (Wildman–Crippen MR) is 49.4 cm³/mol. The molecule has 0 amide bonds. The Balaban J connectivity index is 3.11. The Morgan fingerprint density at radius 1 is 1.62 bits per heavy atom. The van der Waals surface area contributed by atoms with E-state index in [0.29, 0.717) is 4.90 Å². The summed E-state index contributed by atoms with van der Waals surface area (Å²) < 4.78 is 17.4. The molecular formula is C8H6ClFO2S. The SMILES string of the molecule is COC(=O)c1cc(SCl)ccc1F. The minimum absolute atomic E-state index is 0.104. The predicted octanol–water partition coefficient (Wildman–Crippen LogP) is 2.86. The first-order valence-corrected chi connectivity index (χ1v) is 4.99. The van der Waals surface area contributed by atoms with E-state index >= 15 is 0 Å². The van der Waals surface area contributed by atoms with E-state index in [0.717, 1.165) is 11.0 Å². The normalized spacial score (nSPS) is 9.77. The highest BCUT2D eigenvalue weighted by atomic mass is 35.7. The Morgan fingerprint density at radius 3 is 2.85 bits per heavy atom. The van der Waals surface area contributed by atoms with E-state index in [2.05, 4.69) is 4.74 Å². The summed E-state index contributed by atoms with van der Waals surface area (Å²) in [6.07, 6.45) is 0. The number of ether oxygens (including phenoxy) is 1. The molecule has 0 aliphatic carbocycles. The summed E-state index contributed by atoms with van der Waals surface area (Å²) in [6.45, 7) is 0. The Bertz CT molecular complexity index is 330. The molecule has 0 aromatic heterocycles. The van der Waals surface area contributed by atoms with Gasteiger partial charge in [-0.3, -0.25) is 0 Å². The Kier molecular flexibility index (Phi) is 3.57. The second kappa shape index (κ2) is 4.48. The molecule has 0 bridgehead atoms. The van der Waals surface area contributed by atoms with Gasteiger partial charge in [-0.05, 0) is 39.9 Å². The van der Waals surface area contributed by atoms with Crippen LogP contribution in [0.5, 0.6) is 0 Å². The lowest BCUT2D eigenvalue weighted by atomic mass is 10.2. The van der Waals surface area contributed by atoms with Gasteiger partial charge in [0.25, 0.3) is 0 Å². The summed E-state index contributed by atoms with van der Waals surface area (Å²) in [4.78, 5) is 11.6. The van der Waals surface area contributed by atoms with Crippen molar-refractivity contribution in [3.05, 3.63) is 29.6 Å². The van der Waals surface area contributed by atoms with E-state index in [1.165, 1.54) is 25.3 Å². The van der Waals surface area contributed by atoms with Crippen LogP contribution in [0.3, 0.4) is 0 Å². The maximum Gasteiger partial charge on any atom is 0.340 e. The van der Waals surface area contributed by atoms with Crippen molar-refractivity contribution >= 4 is 27.6 Å². The number of hydrogen-bond donors (Lipinski definition) is 0. The zero-order valence-electron chi connectivity index (χ0n) is 6.71. The molecule has 0 radical (unpaired) electrons. The standard InChI is InChI=1S/C8H6ClFO2S/c1-12-8(11)6-4-5(13-9)2-3-7(6)10/h2-4H,1H3. The van der Waals surface area contributed by atoms with Crippen molar-refractivity contribution in [3.63, 3.8) is 0 Å². The minimum atomic E-state index is -0.704. The van der Waals surface area contributed by atoms with E-state index in [-0.39, 0.29) is 5.56 Å². The monoisotopic (exact) mass is 220 g/mol. The average Bonchev–Trinajstić information content (AvgIpc) is 2.17. The van der Waals surface area contributed by atoms with Crippen molar-refractivity contribution in [3.8, 4) is 0 Å². The summed E-state index contributed by atoms with van der Waals surface area (Å²) in [7, 11) is 7.56. The first-order valence-electron chi connectivity index (χ1n) is 3.35. The number of hydrogen-bond acceptors (Lipinski definition) is 3. The first-order chi connectivity index (χ1) is 6.19. The number of methoxy groups -OCH3 is 1. The van der Waals surface area contributed by atoms with Crippen molar-refractivity contribution in [2.45, 2.75) is 4.90 Å². The molecule has 0 heterocycles. The molecule has 0 saturated heterocycles. The van der Waals surface area contributed by atoms with Crippen LogP contribution in [0.25, 0.3) is 0 Å². The van der Waals surface area contributed by atoms with Gasteiger partial charge in [0, 0.05) is 4.90 Å². The van der Waals surface area contributed by atoms with Crippen LogP contribution in [0.4, 0.5) is 4.39 Å². The molecule has 0 N–H and O–H groups in total. The zero-order valence-corrected chi connectivity index (χ0v) is 8.29. The zero-order chi connectivity index (χ0) is 9.84. The van der Waals surface area contributed by atoms with E-state index in [1.54, 1.807) is 0 Å². The molecule has 0 unspecified atom stereocenters. The summed E-state index contributed by atoms with van der Waals surface area (Å²) in [5, 5.41) is 0. The summed E-state index contributed by atoms with van der Waals surface area (Å²) in [5.41, 5.74) is -0.104. The van der Waals surface area contributed by atoms with Gasteiger partial charge < -0.3 is 4.74 Å². The summed E-state index contributed by atoms with van der Waals surface area (Å²) in [5.74, 6) is -1.31. The number of benzene rings is 1. The molecule has 1 aromatic rings. The second-order valence-corrected chi connectivity index (χ2v) is 3.30. The number of rotatable bonds is 2. The van der Waals surface area contributed by atoms with Gasteiger partial charge in [0.05, 0.1) is 12.7 Å². The molecule has 1 rings (SSSR count). The van der Waals surface area contributed by atoms with Crippen LogP contribution >= 0.6 is 21.7 Å². The largest absolute Gasteiger partial charge is 0.465 e. The van der Waals surface area contributed by atoms with Gasteiger partial charge in [0.2, 0.25) is 0 Å². The van der Waals surface area contributed by atoms with E-state index < -0.39 is 11.8 Å². The summed E-state index contributed by atoms with van der Waals surface area (Å²) in [6, 6.07) is 4.01. The van der Waals surface area contributed by atoms with Crippen molar-refractivity contribution in [2.75, 3.05) is 7.11 Å². The number of carbonyl (C=O) groups is 1. The lowest BCUT2D eigenvalue weighted by Gasteiger charge is -2.01. The lowest BCUT2D eigenvalue weighted by molar-refractivity contribution is 0.0595. The Labute approximate surface area is 83.5 Å². The van der Waals surface area contributed by atoms with Gasteiger partial charge >= 0.3 is 5.97 Å². The van der Waals surface area contributed by atoms with Gasteiger partial charge in [0.15, 0.2) is 0 Å². The van der Waals surface area contributed by atoms with E-state index in [1.807, 2.05) is 0 Å². The minimum Gasteiger partial charge on any atom is -0.465 e. The topological polar surface area (TPSA) is 26.3 Å². The highest BCUT2D eigenvalue weighted by Gasteiger charge is 2.12. The molecule has 0 saturated carbocycles. The second-order valence-electron chi connectivity index (χ2n) is 2.21. The third-order valence-corrected chi connectivity index (χ3v) is 2.40. The average molecular weight is 221 g/mol. The summed E-state index contributed by atoms with van der Waals surface area (Å²) >= 11 is 0. The van der Waals surface area contributed by atoms with Gasteiger partial charge in [-0.1, -0.05) is 0 Å². The quantitative estimate of drug-likeness (QED) is 0.717. The van der Waals surface area contributed by atoms with Crippen molar-refractivity contribution in [1.82, 2.24) is 0 Å². The van der Waals surface area contributed by atoms with Crippen LogP contribution in [0.2, 0.25) is 0 Å². The van der Waals surface area contributed by atoms with Crippen molar-refractivity contribution < 1.29 is 13.9 Å². The molecule has 5 heteroatoms. The molecule has 0 atom stereocenters. The fraction of sp³-hybridized carbons (Fsp3) is 0.125. The molecule has 70 valence electrons. The van der Waals surface area contributed by atoms with Gasteiger partial charge in [-0.25, -0.2) is 9.18 Å². The van der Waals surface area contributed by atoms with Gasteiger partial charge in [0.1, 0.15) is 5.82 Å². The highest BCUT2D eigenvalue weighted by molar-refractivity contribution is 8.21. The third-order valence-electron chi connectivity index (χ3n) is 1.43. The van der Waals surface area contributed by atoms with Crippen LogP contribution < -0.4 is 0 Å². The van der Waals surface area contributed by atoms with Crippen LogP contribution in [-0.2, 0) is 4.74 Å². The molecule has 0 fully saturated rings. The van der Waals surface area contributed by atoms with E-state index in [9.17, 15) is 9.18 Å². The maximum atomic E-state index is 13.0. The molecule has 1 aromatic carbocycles. The maximum absolute atomic E-state index is 13.0. The van der Waals surface area contributed by atoms with Gasteiger partial charge in [-0.2, -0.15) is 0 Å². The van der Waals surface area contributed by atoms with Crippen LogP contribution in [0.15, 0.2) is 23.1 Å². The smallest absolute Gasteiger partial charge is 0.340 e. The third kappa shape index (κ3) is 2.35. The molecule has 2 nitrogen and oxygen atoms in total. The fourth-order valence-electron chi connectivity index (χ4n) is 0.819. The fourth-order valence-corrected chi connectivity index (χ4v) is 1.39. The van der Waals surface area contributed by atoms with Crippen LogP contribution in [0, 0.1) is 5.82 Å².